The Balaban J connectivity index is 1.50. The fourth-order valence-corrected chi connectivity index (χ4v) is 9.68. The van der Waals surface area contributed by atoms with E-state index in [0.29, 0.717) is 23.5 Å². The van der Waals surface area contributed by atoms with Crippen molar-refractivity contribution in [3.63, 3.8) is 0 Å². The molecule has 3 aromatic rings. The lowest BCUT2D eigenvalue weighted by atomic mass is 9.84. The largest absolute Gasteiger partial charge is 0.362 e. The Labute approximate surface area is 280 Å². The summed E-state index contributed by atoms with van der Waals surface area (Å²) in [6.45, 7) is 9.12. The van der Waals surface area contributed by atoms with Crippen molar-refractivity contribution in [3.05, 3.63) is 93.0 Å². The van der Waals surface area contributed by atoms with Crippen molar-refractivity contribution in [2.45, 2.75) is 53.4 Å². The maximum Gasteiger partial charge on any atom is 0.362 e. The van der Waals surface area contributed by atoms with Crippen molar-refractivity contribution in [3.8, 4) is 0 Å². The van der Waals surface area contributed by atoms with Crippen molar-refractivity contribution in [1.82, 2.24) is 0 Å². The molecule has 2 heterocycles. The molecule has 8 nitrogen and oxygen atoms in total. The monoisotopic (exact) mass is 706 g/mol. The highest BCUT2D eigenvalue weighted by Gasteiger charge is 2.44. The zero-order valence-electron chi connectivity index (χ0n) is 26.3. The standard InChI is InChI=1S/C34H38Cl2O8P2/c1-5-33(6-2)19-41-45(39,42-20-33)26-13-9-23(10-14-26)31(37)27-15-11-24(32(38)28-18-25(35)12-16-29(28)36)17-30(27)46(40)43-21-34(7-3,8-4)22-44-46/h9-18H,5-8,19-22H2,1-4H3. The molecule has 2 aliphatic heterocycles. The highest BCUT2D eigenvalue weighted by atomic mass is 35.5. The summed E-state index contributed by atoms with van der Waals surface area (Å²) in [5.74, 6) is -0.948. The number of hydrogen-bond acceptors (Lipinski definition) is 8. The van der Waals surface area contributed by atoms with E-state index in [1.54, 1.807) is 18.2 Å². The zero-order chi connectivity index (χ0) is 33.3. The third-order valence-corrected chi connectivity index (χ3v) is 13.9. The Morgan fingerprint density at radius 1 is 0.630 bits per heavy atom. The van der Waals surface area contributed by atoms with Gasteiger partial charge < -0.3 is 18.1 Å². The minimum atomic E-state index is -4.04. The van der Waals surface area contributed by atoms with Crippen molar-refractivity contribution >= 4 is 60.6 Å². The molecule has 0 N–H and O–H groups in total. The van der Waals surface area contributed by atoms with Gasteiger partial charge in [-0.25, -0.2) is 0 Å². The maximum absolute atomic E-state index is 14.3. The minimum absolute atomic E-state index is 0.0198. The van der Waals surface area contributed by atoms with Crippen LogP contribution in [0.1, 0.15) is 85.2 Å². The molecule has 46 heavy (non-hydrogen) atoms. The van der Waals surface area contributed by atoms with Crippen molar-refractivity contribution < 1.29 is 36.8 Å². The lowest BCUT2D eigenvalue weighted by Crippen LogP contribution is -2.37. The van der Waals surface area contributed by atoms with Crippen LogP contribution >= 0.6 is 38.4 Å². The van der Waals surface area contributed by atoms with E-state index >= 15 is 0 Å². The van der Waals surface area contributed by atoms with E-state index in [4.69, 9.17) is 41.3 Å². The van der Waals surface area contributed by atoms with Crippen molar-refractivity contribution in [2.75, 3.05) is 26.4 Å². The van der Waals surface area contributed by atoms with E-state index in [-0.39, 0.29) is 56.6 Å². The van der Waals surface area contributed by atoms with Crippen LogP contribution in [-0.4, -0.2) is 38.0 Å². The maximum atomic E-state index is 14.3. The fraction of sp³-hybridized carbons (Fsp3) is 0.412. The molecule has 0 aromatic heterocycles. The first-order valence-corrected chi connectivity index (χ1v) is 19.3. The van der Waals surface area contributed by atoms with E-state index < -0.39 is 26.8 Å². The molecule has 2 fully saturated rings. The van der Waals surface area contributed by atoms with Crippen LogP contribution < -0.4 is 10.6 Å². The van der Waals surface area contributed by atoms with Gasteiger partial charge in [0.15, 0.2) is 11.6 Å². The predicted molar refractivity (Wildman–Crippen MR) is 181 cm³/mol. The number of hydrogen-bond donors (Lipinski definition) is 0. The first-order chi connectivity index (χ1) is 21.9. The predicted octanol–water partition coefficient (Wildman–Crippen LogP) is 8.80. The summed E-state index contributed by atoms with van der Waals surface area (Å²) in [5, 5.41) is 0.843. The number of benzene rings is 3. The van der Waals surface area contributed by atoms with Gasteiger partial charge in [0.05, 0.1) is 42.1 Å². The molecule has 2 aliphatic rings. The van der Waals surface area contributed by atoms with Gasteiger partial charge in [0.2, 0.25) is 0 Å². The van der Waals surface area contributed by atoms with Gasteiger partial charge in [-0.2, -0.15) is 0 Å². The Bertz CT molecular complexity index is 1700. The van der Waals surface area contributed by atoms with Crippen LogP contribution in [0.25, 0.3) is 0 Å². The van der Waals surface area contributed by atoms with Crippen LogP contribution in [0.15, 0.2) is 60.7 Å². The van der Waals surface area contributed by atoms with Crippen LogP contribution in [0, 0.1) is 10.8 Å². The molecule has 0 atom stereocenters. The molecule has 0 amide bonds. The van der Waals surface area contributed by atoms with E-state index in [0.717, 1.165) is 25.7 Å². The minimum Gasteiger partial charge on any atom is -0.305 e. The molecule has 0 unspecified atom stereocenters. The summed E-state index contributed by atoms with van der Waals surface area (Å²) in [6, 6.07) is 15.0. The summed E-state index contributed by atoms with van der Waals surface area (Å²) in [7, 11) is -7.60. The van der Waals surface area contributed by atoms with Crippen molar-refractivity contribution in [1.29, 1.82) is 0 Å². The Hall–Kier alpha value is -2.12. The number of carbonyl (C=O) groups excluding carboxylic acids is 2. The summed E-state index contributed by atoms with van der Waals surface area (Å²) in [5.41, 5.74) is 0.0906. The lowest BCUT2D eigenvalue weighted by molar-refractivity contribution is 0.0155. The SMILES string of the molecule is CCC1(CC)COP(=O)(c2ccc(C(=O)c3ccc(C(=O)c4cc(Cl)ccc4Cl)cc3P3(=O)OCC(CC)(CC)CO3)cc2)OC1. The van der Waals surface area contributed by atoms with Gasteiger partial charge in [-0.15, -0.1) is 0 Å². The Kier molecular flexibility index (Phi) is 10.5. The summed E-state index contributed by atoms with van der Waals surface area (Å²) in [6.07, 6.45) is 3.18. The van der Waals surface area contributed by atoms with E-state index in [1.807, 2.05) is 13.8 Å². The zero-order valence-corrected chi connectivity index (χ0v) is 29.6. The summed E-state index contributed by atoms with van der Waals surface area (Å²) in [4.78, 5) is 27.5. The van der Waals surface area contributed by atoms with Crippen LogP contribution in [0.2, 0.25) is 10.0 Å². The molecule has 0 aliphatic carbocycles. The highest BCUT2D eigenvalue weighted by molar-refractivity contribution is 7.62. The molecule has 12 heteroatoms. The molecule has 5 rings (SSSR count). The van der Waals surface area contributed by atoms with E-state index in [2.05, 4.69) is 13.8 Å². The fourth-order valence-electron chi connectivity index (χ4n) is 5.52. The first-order valence-electron chi connectivity index (χ1n) is 15.4. The average Bonchev–Trinajstić information content (AvgIpc) is 3.09. The van der Waals surface area contributed by atoms with Crippen LogP contribution in [-0.2, 0) is 27.2 Å². The number of ketones is 2. The molecule has 246 valence electrons. The molecular weight excluding hydrogens is 669 g/mol. The molecular formula is C34H38Cl2O8P2. The second-order valence-electron chi connectivity index (χ2n) is 12.1. The molecule has 0 spiro atoms. The quantitative estimate of drug-likeness (QED) is 0.152. The third-order valence-electron chi connectivity index (χ3n) is 9.58. The number of halogens is 2. The third kappa shape index (κ3) is 6.74. The number of carbonyl (C=O) groups is 2. The molecule has 0 radical (unpaired) electrons. The summed E-state index contributed by atoms with van der Waals surface area (Å²) >= 11 is 12.4. The second kappa shape index (κ2) is 13.8. The first kappa shape index (κ1) is 35.2. The van der Waals surface area contributed by atoms with Gasteiger partial charge in [0.25, 0.3) is 0 Å². The second-order valence-corrected chi connectivity index (χ2v) is 16.9. The van der Waals surface area contributed by atoms with Crippen LogP contribution in [0.4, 0.5) is 0 Å². The van der Waals surface area contributed by atoms with Gasteiger partial charge in [0.1, 0.15) is 0 Å². The lowest BCUT2D eigenvalue weighted by Gasteiger charge is -2.38. The number of rotatable bonds is 10. The molecule has 0 bridgehead atoms. The Morgan fingerprint density at radius 3 is 1.63 bits per heavy atom. The van der Waals surface area contributed by atoms with Crippen LogP contribution in [0.3, 0.4) is 0 Å². The van der Waals surface area contributed by atoms with Crippen LogP contribution in [0.5, 0.6) is 0 Å². The topological polar surface area (TPSA) is 105 Å². The van der Waals surface area contributed by atoms with Gasteiger partial charge in [-0.3, -0.25) is 18.7 Å². The highest BCUT2D eigenvalue weighted by Crippen LogP contribution is 2.56. The van der Waals surface area contributed by atoms with Crippen molar-refractivity contribution in [2.24, 2.45) is 10.8 Å². The van der Waals surface area contributed by atoms with Gasteiger partial charge in [-0.05, 0) is 68.1 Å². The van der Waals surface area contributed by atoms with E-state index in [1.165, 1.54) is 42.5 Å². The molecule has 3 aromatic carbocycles. The normalized spacial score (nSPS) is 19.8. The average molecular weight is 708 g/mol. The smallest absolute Gasteiger partial charge is 0.305 e. The Morgan fingerprint density at radius 2 is 1.11 bits per heavy atom. The summed E-state index contributed by atoms with van der Waals surface area (Å²) < 4.78 is 51.4. The molecule has 2 saturated heterocycles. The molecule has 0 saturated carbocycles. The van der Waals surface area contributed by atoms with E-state index in [9.17, 15) is 18.7 Å². The van der Waals surface area contributed by atoms with Gasteiger partial charge in [-0.1, -0.05) is 69.1 Å². The van der Waals surface area contributed by atoms with Gasteiger partial charge in [0, 0.05) is 38.1 Å². The van der Waals surface area contributed by atoms with Gasteiger partial charge >= 0.3 is 15.2 Å².